The molecule has 2 aromatic rings. The second-order valence-corrected chi connectivity index (χ2v) is 4.15. The predicted molar refractivity (Wildman–Crippen MR) is 62.5 cm³/mol. The Kier molecular flexibility index (Phi) is 3.02. The van der Waals surface area contributed by atoms with Crippen LogP contribution < -0.4 is 0 Å². The van der Waals surface area contributed by atoms with Crippen LogP contribution in [0.15, 0.2) is 40.9 Å². The van der Waals surface area contributed by atoms with Gasteiger partial charge in [-0.25, -0.2) is 0 Å². The minimum Gasteiger partial charge on any atom is -0.463 e. The molecule has 0 bridgehead atoms. The van der Waals surface area contributed by atoms with Crippen molar-refractivity contribution in [2.75, 3.05) is 0 Å². The number of hydrogen-bond acceptors (Lipinski definition) is 2. The summed E-state index contributed by atoms with van der Waals surface area (Å²) in [6.07, 6.45) is 0. The molecule has 2 nitrogen and oxygen atoms in total. The van der Waals surface area contributed by atoms with E-state index >= 15 is 0 Å². The summed E-state index contributed by atoms with van der Waals surface area (Å²) >= 11 is 3.42. The largest absolute Gasteiger partial charge is 0.463 e. The number of hydrogen-bond donors (Lipinski definition) is 0. The SMILES string of the molecule is O=COCc1ccc2cc(Br)ccc2c1. The Labute approximate surface area is 96.0 Å². The fourth-order valence-corrected chi connectivity index (χ4v) is 1.86. The maximum absolute atomic E-state index is 10.1. The van der Waals surface area contributed by atoms with E-state index in [-0.39, 0.29) is 0 Å². The molecule has 0 spiro atoms. The Morgan fingerprint density at radius 2 is 1.87 bits per heavy atom. The molecule has 0 saturated heterocycles. The highest BCUT2D eigenvalue weighted by atomic mass is 79.9. The second-order valence-electron chi connectivity index (χ2n) is 3.23. The number of fused-ring (bicyclic) bond motifs is 1. The molecular formula is C12H9BrO2. The Morgan fingerprint density at radius 3 is 2.67 bits per heavy atom. The highest BCUT2D eigenvalue weighted by Crippen LogP contribution is 2.21. The van der Waals surface area contributed by atoms with Gasteiger partial charge in [0.1, 0.15) is 6.61 Å². The summed E-state index contributed by atoms with van der Waals surface area (Å²) in [6, 6.07) is 12.1. The molecule has 0 aliphatic carbocycles. The van der Waals surface area contributed by atoms with E-state index in [2.05, 4.69) is 22.0 Å². The van der Waals surface area contributed by atoms with Gasteiger partial charge in [-0.3, -0.25) is 4.79 Å². The first-order chi connectivity index (χ1) is 7.29. The summed E-state index contributed by atoms with van der Waals surface area (Å²) in [5.74, 6) is 0. The number of halogens is 1. The minimum atomic E-state index is 0.329. The van der Waals surface area contributed by atoms with Gasteiger partial charge in [0.05, 0.1) is 0 Å². The molecule has 0 aliphatic heterocycles. The van der Waals surface area contributed by atoms with Crippen LogP contribution in [0.25, 0.3) is 10.8 Å². The van der Waals surface area contributed by atoms with E-state index < -0.39 is 0 Å². The number of carbonyl (C=O) groups is 1. The Hall–Kier alpha value is -1.35. The van der Waals surface area contributed by atoms with Crippen LogP contribution in [-0.4, -0.2) is 6.47 Å². The Bertz CT molecular complexity index is 494. The van der Waals surface area contributed by atoms with Gasteiger partial charge in [-0.2, -0.15) is 0 Å². The maximum Gasteiger partial charge on any atom is 0.293 e. The fraction of sp³-hybridized carbons (Fsp3) is 0.0833. The Morgan fingerprint density at radius 1 is 1.13 bits per heavy atom. The van der Waals surface area contributed by atoms with Crippen LogP contribution in [0.4, 0.5) is 0 Å². The van der Waals surface area contributed by atoms with Crippen molar-refractivity contribution >= 4 is 33.2 Å². The van der Waals surface area contributed by atoms with Crippen LogP contribution >= 0.6 is 15.9 Å². The van der Waals surface area contributed by atoms with Crippen molar-refractivity contribution in [3.05, 3.63) is 46.4 Å². The smallest absolute Gasteiger partial charge is 0.293 e. The summed E-state index contributed by atoms with van der Waals surface area (Å²) in [7, 11) is 0. The second kappa shape index (κ2) is 4.45. The number of benzene rings is 2. The first-order valence-corrected chi connectivity index (χ1v) is 5.32. The fourth-order valence-electron chi connectivity index (χ4n) is 1.49. The van der Waals surface area contributed by atoms with E-state index in [1.54, 1.807) is 0 Å². The summed E-state index contributed by atoms with van der Waals surface area (Å²) < 4.78 is 5.76. The van der Waals surface area contributed by atoms with Crippen molar-refractivity contribution in [2.45, 2.75) is 6.61 Å². The normalized spacial score (nSPS) is 10.2. The summed E-state index contributed by atoms with van der Waals surface area (Å²) in [6.45, 7) is 0.793. The van der Waals surface area contributed by atoms with E-state index in [1.165, 1.54) is 5.39 Å². The van der Waals surface area contributed by atoms with Gasteiger partial charge in [-0.1, -0.05) is 34.1 Å². The number of rotatable bonds is 3. The third-order valence-electron chi connectivity index (χ3n) is 2.18. The van der Waals surface area contributed by atoms with Crippen molar-refractivity contribution in [2.24, 2.45) is 0 Å². The van der Waals surface area contributed by atoms with Gasteiger partial charge in [0.15, 0.2) is 0 Å². The molecule has 2 rings (SSSR count). The average molecular weight is 265 g/mol. The van der Waals surface area contributed by atoms with Crippen LogP contribution in [0, 0.1) is 0 Å². The summed E-state index contributed by atoms with van der Waals surface area (Å²) in [4.78, 5) is 10.1. The van der Waals surface area contributed by atoms with Gasteiger partial charge in [-0.05, 0) is 34.5 Å². The predicted octanol–water partition coefficient (Wildman–Crippen LogP) is 3.28. The van der Waals surface area contributed by atoms with Gasteiger partial charge in [0, 0.05) is 4.47 Å². The van der Waals surface area contributed by atoms with Gasteiger partial charge >= 0.3 is 0 Å². The zero-order valence-electron chi connectivity index (χ0n) is 7.94. The molecule has 3 heteroatoms. The van der Waals surface area contributed by atoms with Gasteiger partial charge in [0.2, 0.25) is 0 Å². The molecule has 0 saturated carbocycles. The van der Waals surface area contributed by atoms with Gasteiger partial charge < -0.3 is 4.74 Å². The van der Waals surface area contributed by atoms with Crippen molar-refractivity contribution in [1.82, 2.24) is 0 Å². The zero-order chi connectivity index (χ0) is 10.7. The minimum absolute atomic E-state index is 0.329. The topological polar surface area (TPSA) is 26.3 Å². The first-order valence-electron chi connectivity index (χ1n) is 4.53. The van der Waals surface area contributed by atoms with Crippen LogP contribution in [0.2, 0.25) is 0 Å². The molecule has 0 amide bonds. The molecular weight excluding hydrogens is 256 g/mol. The molecule has 15 heavy (non-hydrogen) atoms. The molecule has 0 aliphatic rings. The molecule has 0 N–H and O–H groups in total. The van der Waals surface area contributed by atoms with Crippen LogP contribution in [-0.2, 0) is 16.1 Å². The lowest BCUT2D eigenvalue weighted by Gasteiger charge is -2.02. The summed E-state index contributed by atoms with van der Waals surface area (Å²) in [5.41, 5.74) is 0.997. The molecule has 0 unspecified atom stereocenters. The van der Waals surface area contributed by atoms with Crippen LogP contribution in [0.5, 0.6) is 0 Å². The number of ether oxygens (including phenoxy) is 1. The van der Waals surface area contributed by atoms with Crippen LogP contribution in [0.3, 0.4) is 0 Å². The lowest BCUT2D eigenvalue weighted by molar-refractivity contribution is -0.129. The monoisotopic (exact) mass is 264 g/mol. The van der Waals surface area contributed by atoms with Crippen molar-refractivity contribution in [3.8, 4) is 0 Å². The third-order valence-corrected chi connectivity index (χ3v) is 2.68. The third kappa shape index (κ3) is 2.36. The Balaban J connectivity index is 2.38. The van der Waals surface area contributed by atoms with E-state index in [4.69, 9.17) is 4.74 Å². The zero-order valence-corrected chi connectivity index (χ0v) is 9.53. The summed E-state index contributed by atoms with van der Waals surface area (Å²) in [5, 5.41) is 2.31. The lowest BCUT2D eigenvalue weighted by Crippen LogP contribution is -1.89. The van der Waals surface area contributed by atoms with Crippen molar-refractivity contribution in [1.29, 1.82) is 0 Å². The highest BCUT2D eigenvalue weighted by molar-refractivity contribution is 9.10. The van der Waals surface area contributed by atoms with Gasteiger partial charge in [0.25, 0.3) is 6.47 Å². The highest BCUT2D eigenvalue weighted by Gasteiger charge is 1.97. The van der Waals surface area contributed by atoms with E-state index in [0.29, 0.717) is 13.1 Å². The van der Waals surface area contributed by atoms with E-state index in [1.807, 2.05) is 30.3 Å². The van der Waals surface area contributed by atoms with Gasteiger partial charge in [-0.15, -0.1) is 0 Å². The lowest BCUT2D eigenvalue weighted by atomic mass is 10.1. The first kappa shape index (κ1) is 10.2. The molecule has 0 atom stereocenters. The molecule has 0 aromatic heterocycles. The van der Waals surface area contributed by atoms with Crippen LogP contribution in [0.1, 0.15) is 5.56 Å². The quantitative estimate of drug-likeness (QED) is 0.796. The molecule has 0 fully saturated rings. The van der Waals surface area contributed by atoms with E-state index in [0.717, 1.165) is 15.4 Å². The van der Waals surface area contributed by atoms with E-state index in [9.17, 15) is 4.79 Å². The molecule has 2 aromatic carbocycles. The van der Waals surface area contributed by atoms with Crippen molar-refractivity contribution in [3.63, 3.8) is 0 Å². The maximum atomic E-state index is 10.1. The number of carbonyl (C=O) groups excluding carboxylic acids is 1. The molecule has 76 valence electrons. The molecule has 0 radical (unpaired) electrons. The average Bonchev–Trinajstić information content (AvgIpc) is 2.26. The van der Waals surface area contributed by atoms with Crippen molar-refractivity contribution < 1.29 is 9.53 Å². The molecule has 0 heterocycles. The standard InChI is InChI=1S/C12H9BrO2/c13-12-4-3-10-5-9(7-15-8-14)1-2-11(10)6-12/h1-6,8H,7H2.